The van der Waals surface area contributed by atoms with Crippen LogP contribution in [-0.4, -0.2) is 42.4 Å². The van der Waals surface area contributed by atoms with Gasteiger partial charge in [-0.15, -0.1) is 0 Å². The van der Waals surface area contributed by atoms with E-state index in [0.29, 0.717) is 36.1 Å². The van der Waals surface area contributed by atoms with E-state index in [0.717, 1.165) is 23.1 Å². The third-order valence-electron chi connectivity index (χ3n) is 5.49. The minimum Gasteiger partial charge on any atom is -0.410 e. The van der Waals surface area contributed by atoms with Crippen molar-refractivity contribution in [2.45, 2.75) is 31.7 Å². The summed E-state index contributed by atoms with van der Waals surface area (Å²) >= 11 is 0. The molecule has 0 saturated heterocycles. The zero-order valence-electron chi connectivity index (χ0n) is 20.3. The molecule has 1 amide bonds. The summed E-state index contributed by atoms with van der Waals surface area (Å²) in [6.07, 6.45) is 1.48. The lowest BCUT2D eigenvalue weighted by molar-refractivity contribution is 0.149. The van der Waals surface area contributed by atoms with Crippen molar-refractivity contribution in [1.82, 2.24) is 15.0 Å². The first-order valence-corrected chi connectivity index (χ1v) is 13.4. The summed E-state index contributed by atoms with van der Waals surface area (Å²) in [5.41, 5.74) is 3.03. The highest BCUT2D eigenvalue weighted by molar-refractivity contribution is 7.90. The van der Waals surface area contributed by atoms with Crippen molar-refractivity contribution in [3.8, 4) is 28.3 Å². The first kappa shape index (κ1) is 25.1. The topological polar surface area (TPSA) is 103 Å². The molecule has 0 unspecified atom stereocenters. The molecule has 0 aliphatic rings. The number of rotatable bonds is 8. The third kappa shape index (κ3) is 5.98. The van der Waals surface area contributed by atoms with Gasteiger partial charge in [-0.1, -0.05) is 60.6 Å². The number of ether oxygens (including phenoxy) is 1. The summed E-state index contributed by atoms with van der Waals surface area (Å²) in [4.78, 5) is 19.1. The van der Waals surface area contributed by atoms with Crippen LogP contribution in [0.2, 0.25) is 0 Å². The summed E-state index contributed by atoms with van der Waals surface area (Å²) < 4.78 is 35.0. The molecule has 9 heteroatoms. The predicted molar refractivity (Wildman–Crippen MR) is 136 cm³/mol. The first-order valence-electron chi connectivity index (χ1n) is 11.5. The monoisotopic (exact) mass is 505 g/mol. The van der Waals surface area contributed by atoms with Crippen LogP contribution in [0.15, 0.2) is 82.2 Å². The van der Waals surface area contributed by atoms with E-state index >= 15 is 0 Å². The Hall–Kier alpha value is -3.98. The van der Waals surface area contributed by atoms with Crippen molar-refractivity contribution >= 4 is 15.9 Å². The lowest BCUT2D eigenvalue weighted by Gasteiger charge is -2.22. The molecule has 4 rings (SSSR count). The molecule has 0 atom stereocenters. The van der Waals surface area contributed by atoms with Crippen LogP contribution in [0.1, 0.15) is 24.8 Å². The summed E-state index contributed by atoms with van der Waals surface area (Å²) in [7, 11) is -3.38. The lowest BCUT2D eigenvalue weighted by atomic mass is 10.1. The second-order valence-corrected chi connectivity index (χ2v) is 10.4. The molecule has 0 radical (unpaired) electrons. The molecular formula is C27H27N3O5S. The Balaban J connectivity index is 1.49. The molecule has 3 aromatic carbocycles. The number of carbonyl (C=O) groups excluding carboxylic acids is 1. The average Bonchev–Trinajstić information content (AvgIpc) is 3.30. The van der Waals surface area contributed by atoms with E-state index in [4.69, 9.17) is 9.26 Å². The van der Waals surface area contributed by atoms with Crippen LogP contribution < -0.4 is 4.74 Å². The fourth-order valence-electron chi connectivity index (χ4n) is 3.85. The van der Waals surface area contributed by atoms with Gasteiger partial charge in [0, 0.05) is 37.4 Å². The zero-order valence-corrected chi connectivity index (χ0v) is 21.2. The van der Waals surface area contributed by atoms with Gasteiger partial charge in [0.25, 0.3) is 0 Å². The van der Waals surface area contributed by atoms with Crippen molar-refractivity contribution in [3.63, 3.8) is 0 Å². The second kappa shape index (κ2) is 10.7. The Bertz CT molecular complexity index is 1460. The minimum atomic E-state index is -3.38. The maximum atomic E-state index is 13.0. The smallest absolute Gasteiger partial charge is 0.410 e. The normalized spacial score (nSPS) is 11.3. The lowest BCUT2D eigenvalue weighted by Crippen LogP contribution is -2.33. The molecule has 0 saturated carbocycles. The van der Waals surface area contributed by atoms with Crippen molar-refractivity contribution in [3.05, 3.63) is 84.3 Å². The number of sulfone groups is 1. The van der Waals surface area contributed by atoms with Crippen LogP contribution in [-0.2, 0) is 16.4 Å². The molecular weight excluding hydrogens is 478 g/mol. The van der Waals surface area contributed by atoms with Crippen LogP contribution in [0.4, 0.5) is 4.79 Å². The van der Waals surface area contributed by atoms with E-state index in [1.807, 2.05) is 31.2 Å². The van der Waals surface area contributed by atoms with Crippen molar-refractivity contribution < 1.29 is 22.5 Å². The van der Waals surface area contributed by atoms with Crippen LogP contribution in [0.5, 0.6) is 5.75 Å². The SMILES string of the molecule is CCCN(Cc1cccc(-c2noc(C)n2)c1)C(=O)Oc1ccc(-c2ccccc2S(C)(=O)=O)cc1. The number of benzene rings is 3. The van der Waals surface area contributed by atoms with Gasteiger partial charge in [0.1, 0.15) is 5.75 Å². The molecule has 1 heterocycles. The number of nitrogens with zero attached hydrogens (tertiary/aromatic N) is 3. The first-order chi connectivity index (χ1) is 17.2. The molecule has 0 spiro atoms. The van der Waals surface area contributed by atoms with Gasteiger partial charge in [-0.2, -0.15) is 4.98 Å². The van der Waals surface area contributed by atoms with Gasteiger partial charge in [-0.3, -0.25) is 0 Å². The Morgan fingerprint density at radius 1 is 1.00 bits per heavy atom. The molecule has 0 N–H and O–H groups in total. The van der Waals surface area contributed by atoms with E-state index in [-0.39, 0.29) is 4.90 Å². The molecule has 1 aromatic heterocycles. The van der Waals surface area contributed by atoms with Gasteiger partial charge in [-0.25, -0.2) is 13.2 Å². The summed E-state index contributed by atoms with van der Waals surface area (Å²) in [6.45, 7) is 4.60. The number of hydrogen-bond donors (Lipinski definition) is 0. The van der Waals surface area contributed by atoms with Gasteiger partial charge in [0.2, 0.25) is 11.7 Å². The third-order valence-corrected chi connectivity index (χ3v) is 6.65. The number of hydrogen-bond acceptors (Lipinski definition) is 7. The second-order valence-electron chi connectivity index (χ2n) is 8.42. The number of aromatic nitrogens is 2. The van der Waals surface area contributed by atoms with E-state index < -0.39 is 15.9 Å². The fraction of sp³-hybridized carbons (Fsp3) is 0.222. The van der Waals surface area contributed by atoms with E-state index in [1.165, 1.54) is 6.26 Å². The molecule has 186 valence electrons. The Morgan fingerprint density at radius 2 is 1.75 bits per heavy atom. The van der Waals surface area contributed by atoms with Gasteiger partial charge in [0.15, 0.2) is 9.84 Å². The molecule has 0 aliphatic heterocycles. The minimum absolute atomic E-state index is 0.252. The van der Waals surface area contributed by atoms with Crippen molar-refractivity contribution in [1.29, 1.82) is 0 Å². The number of aryl methyl sites for hydroxylation is 1. The fourth-order valence-corrected chi connectivity index (χ4v) is 4.76. The van der Waals surface area contributed by atoms with E-state index in [2.05, 4.69) is 10.1 Å². The van der Waals surface area contributed by atoms with Gasteiger partial charge in [0.05, 0.1) is 4.90 Å². The van der Waals surface area contributed by atoms with E-state index in [9.17, 15) is 13.2 Å². The highest BCUT2D eigenvalue weighted by atomic mass is 32.2. The van der Waals surface area contributed by atoms with Crippen molar-refractivity contribution in [2.24, 2.45) is 0 Å². The predicted octanol–water partition coefficient (Wildman–Crippen LogP) is 5.53. The molecule has 0 fully saturated rings. The standard InChI is InChI=1S/C27H27N3O5S/c1-4-16-30(18-20-8-7-9-22(17-20)26-28-19(2)35-29-26)27(31)34-23-14-12-21(13-15-23)24-10-5-6-11-25(24)36(3,32)33/h5-15,17H,4,16,18H2,1-3H3. The summed E-state index contributed by atoms with van der Waals surface area (Å²) in [5, 5.41) is 3.96. The molecule has 4 aromatic rings. The number of amides is 1. The van der Waals surface area contributed by atoms with Gasteiger partial charge >= 0.3 is 6.09 Å². The zero-order chi connectivity index (χ0) is 25.7. The highest BCUT2D eigenvalue weighted by Crippen LogP contribution is 2.29. The van der Waals surface area contributed by atoms with Crippen molar-refractivity contribution in [2.75, 3.05) is 12.8 Å². The van der Waals surface area contributed by atoms with Crippen LogP contribution >= 0.6 is 0 Å². The van der Waals surface area contributed by atoms with Gasteiger partial charge < -0.3 is 14.2 Å². The summed E-state index contributed by atoms with van der Waals surface area (Å²) in [6, 6.07) is 21.3. The molecule has 36 heavy (non-hydrogen) atoms. The Kier molecular flexibility index (Phi) is 7.49. The highest BCUT2D eigenvalue weighted by Gasteiger charge is 2.18. The Labute approximate surface area is 210 Å². The van der Waals surface area contributed by atoms with E-state index in [1.54, 1.807) is 60.4 Å². The van der Waals surface area contributed by atoms with Gasteiger partial charge in [-0.05, 0) is 41.8 Å². The molecule has 0 aliphatic carbocycles. The van der Waals surface area contributed by atoms with Crippen LogP contribution in [0.3, 0.4) is 0 Å². The van der Waals surface area contributed by atoms with Crippen LogP contribution in [0, 0.1) is 6.92 Å². The largest absolute Gasteiger partial charge is 0.415 e. The molecule has 8 nitrogen and oxygen atoms in total. The molecule has 0 bridgehead atoms. The maximum Gasteiger partial charge on any atom is 0.415 e. The number of carbonyl (C=O) groups is 1. The Morgan fingerprint density at radius 3 is 2.42 bits per heavy atom. The maximum absolute atomic E-state index is 13.0. The quantitative estimate of drug-likeness (QED) is 0.310. The average molecular weight is 506 g/mol. The van der Waals surface area contributed by atoms with Crippen LogP contribution in [0.25, 0.3) is 22.5 Å². The summed E-state index contributed by atoms with van der Waals surface area (Å²) in [5.74, 6) is 1.35.